The summed E-state index contributed by atoms with van der Waals surface area (Å²) in [5.41, 5.74) is 8.86. The van der Waals surface area contributed by atoms with Crippen molar-refractivity contribution in [1.29, 1.82) is 0 Å². The lowest BCUT2D eigenvalue weighted by Gasteiger charge is -2.37. The van der Waals surface area contributed by atoms with Crippen molar-refractivity contribution in [3.8, 4) is 5.75 Å². The number of nitrogens with two attached hydrogens (primary N) is 1. The number of piperazine rings is 1. The van der Waals surface area contributed by atoms with Crippen LogP contribution in [0, 0.1) is 0 Å². The van der Waals surface area contributed by atoms with E-state index in [0.29, 0.717) is 0 Å². The number of para-hydroxylation sites is 2. The summed E-state index contributed by atoms with van der Waals surface area (Å²) < 4.78 is 5.48. The van der Waals surface area contributed by atoms with E-state index in [2.05, 4.69) is 46.2 Å². The maximum Gasteiger partial charge on any atom is 0.142 e. The normalized spacial score (nSPS) is 16.8. The minimum absolute atomic E-state index is 0.185. The summed E-state index contributed by atoms with van der Waals surface area (Å²) in [7, 11) is 1.73. The van der Waals surface area contributed by atoms with Crippen LogP contribution >= 0.6 is 0 Å². The van der Waals surface area contributed by atoms with Crippen molar-refractivity contribution in [3.05, 3.63) is 60.2 Å². The van der Waals surface area contributed by atoms with Crippen molar-refractivity contribution in [1.82, 2.24) is 4.90 Å². The van der Waals surface area contributed by atoms with Gasteiger partial charge in [-0.1, -0.05) is 42.5 Å². The van der Waals surface area contributed by atoms with E-state index >= 15 is 0 Å². The van der Waals surface area contributed by atoms with E-state index < -0.39 is 0 Å². The van der Waals surface area contributed by atoms with E-state index in [1.165, 1.54) is 11.3 Å². The van der Waals surface area contributed by atoms with Crippen molar-refractivity contribution in [2.75, 3.05) is 44.7 Å². The van der Waals surface area contributed by atoms with Gasteiger partial charge in [0.05, 0.1) is 12.8 Å². The van der Waals surface area contributed by atoms with Crippen molar-refractivity contribution in [3.63, 3.8) is 0 Å². The van der Waals surface area contributed by atoms with Crippen LogP contribution in [-0.2, 0) is 6.42 Å². The molecule has 0 spiro atoms. The van der Waals surface area contributed by atoms with E-state index in [4.69, 9.17) is 10.5 Å². The minimum atomic E-state index is 0.185. The average molecular weight is 325 g/mol. The summed E-state index contributed by atoms with van der Waals surface area (Å²) in [6.07, 6.45) is 0.938. The summed E-state index contributed by atoms with van der Waals surface area (Å²) in [4.78, 5) is 4.87. The number of nitrogens with zero attached hydrogens (tertiary/aromatic N) is 2. The first-order valence-corrected chi connectivity index (χ1v) is 8.66. The molecule has 2 N–H and O–H groups in total. The molecule has 0 aliphatic carbocycles. The molecule has 0 aromatic heterocycles. The SMILES string of the molecule is COc1ccccc1N1CCN(CC(N)Cc2ccccc2)CC1. The molecule has 1 atom stereocenters. The Kier molecular flexibility index (Phi) is 5.72. The first-order chi connectivity index (χ1) is 11.8. The molecular weight excluding hydrogens is 298 g/mol. The van der Waals surface area contributed by atoms with Gasteiger partial charge in [0.25, 0.3) is 0 Å². The standard InChI is InChI=1S/C20H27N3O/c1-24-20-10-6-5-9-19(20)23-13-11-22(12-14-23)16-18(21)15-17-7-3-2-4-8-17/h2-10,18H,11-16,21H2,1H3. The Hall–Kier alpha value is -2.04. The highest BCUT2D eigenvalue weighted by Gasteiger charge is 2.20. The monoisotopic (exact) mass is 325 g/mol. The van der Waals surface area contributed by atoms with Crippen LogP contribution in [0.1, 0.15) is 5.56 Å². The minimum Gasteiger partial charge on any atom is -0.495 e. The van der Waals surface area contributed by atoms with Gasteiger partial charge in [-0.2, -0.15) is 0 Å². The first-order valence-electron chi connectivity index (χ1n) is 8.66. The molecule has 2 aromatic carbocycles. The zero-order valence-corrected chi connectivity index (χ0v) is 14.4. The number of methoxy groups -OCH3 is 1. The van der Waals surface area contributed by atoms with Crippen LogP contribution in [0.3, 0.4) is 0 Å². The number of ether oxygens (including phenoxy) is 1. The highest BCUT2D eigenvalue weighted by atomic mass is 16.5. The van der Waals surface area contributed by atoms with Crippen molar-refractivity contribution in [2.45, 2.75) is 12.5 Å². The van der Waals surface area contributed by atoms with Gasteiger partial charge in [-0.25, -0.2) is 0 Å². The fourth-order valence-electron chi connectivity index (χ4n) is 3.38. The first kappa shape index (κ1) is 16.8. The highest BCUT2D eigenvalue weighted by molar-refractivity contribution is 5.58. The molecule has 1 unspecified atom stereocenters. The number of hydrogen-bond donors (Lipinski definition) is 1. The predicted molar refractivity (Wildman–Crippen MR) is 99.8 cm³/mol. The second-order valence-corrected chi connectivity index (χ2v) is 6.41. The van der Waals surface area contributed by atoms with Gasteiger partial charge in [-0.15, -0.1) is 0 Å². The summed E-state index contributed by atoms with van der Waals surface area (Å²) in [5, 5.41) is 0. The van der Waals surface area contributed by atoms with Crippen LogP contribution in [0.5, 0.6) is 5.75 Å². The van der Waals surface area contributed by atoms with Gasteiger partial charge in [0.2, 0.25) is 0 Å². The molecular formula is C20H27N3O. The molecule has 1 heterocycles. The van der Waals surface area contributed by atoms with Crippen molar-refractivity contribution >= 4 is 5.69 Å². The van der Waals surface area contributed by atoms with Gasteiger partial charge >= 0.3 is 0 Å². The predicted octanol–water partition coefficient (Wildman–Crippen LogP) is 2.39. The van der Waals surface area contributed by atoms with Crippen LogP contribution in [0.4, 0.5) is 5.69 Å². The Morgan fingerprint density at radius 1 is 0.958 bits per heavy atom. The van der Waals surface area contributed by atoms with Crippen LogP contribution in [0.2, 0.25) is 0 Å². The Labute approximate surface area is 144 Å². The third-order valence-corrected chi connectivity index (χ3v) is 4.63. The van der Waals surface area contributed by atoms with Gasteiger partial charge in [0, 0.05) is 38.8 Å². The molecule has 0 radical (unpaired) electrons. The van der Waals surface area contributed by atoms with E-state index in [9.17, 15) is 0 Å². The second-order valence-electron chi connectivity index (χ2n) is 6.41. The Morgan fingerprint density at radius 3 is 2.33 bits per heavy atom. The summed E-state index contributed by atoms with van der Waals surface area (Å²) in [6, 6.07) is 18.9. The second kappa shape index (κ2) is 8.18. The van der Waals surface area contributed by atoms with Gasteiger partial charge in [0.15, 0.2) is 0 Å². The molecule has 4 heteroatoms. The average Bonchev–Trinajstić information content (AvgIpc) is 2.63. The molecule has 4 nitrogen and oxygen atoms in total. The van der Waals surface area contributed by atoms with E-state index in [0.717, 1.165) is 44.9 Å². The van der Waals surface area contributed by atoms with Gasteiger partial charge in [-0.05, 0) is 24.1 Å². The molecule has 1 fully saturated rings. The zero-order chi connectivity index (χ0) is 16.8. The molecule has 2 aromatic rings. The number of hydrogen-bond acceptors (Lipinski definition) is 4. The van der Waals surface area contributed by atoms with Crippen LogP contribution in [-0.4, -0.2) is 50.8 Å². The van der Waals surface area contributed by atoms with Crippen molar-refractivity contribution < 1.29 is 4.74 Å². The molecule has 0 saturated carbocycles. The Bertz CT molecular complexity index is 624. The molecule has 0 bridgehead atoms. The van der Waals surface area contributed by atoms with Gasteiger partial charge in [0.1, 0.15) is 5.75 Å². The smallest absolute Gasteiger partial charge is 0.142 e. The number of rotatable bonds is 6. The Balaban J connectivity index is 1.50. The summed E-state index contributed by atoms with van der Waals surface area (Å²) in [5.74, 6) is 0.951. The maximum absolute atomic E-state index is 6.35. The van der Waals surface area contributed by atoms with Gasteiger partial charge < -0.3 is 15.4 Å². The van der Waals surface area contributed by atoms with Crippen molar-refractivity contribution in [2.24, 2.45) is 5.73 Å². The number of benzene rings is 2. The van der Waals surface area contributed by atoms with E-state index in [1.54, 1.807) is 7.11 Å². The molecule has 1 aliphatic rings. The molecule has 1 aliphatic heterocycles. The topological polar surface area (TPSA) is 41.7 Å². The Morgan fingerprint density at radius 2 is 1.62 bits per heavy atom. The summed E-state index contributed by atoms with van der Waals surface area (Å²) in [6.45, 7) is 5.06. The fraction of sp³-hybridized carbons (Fsp3) is 0.400. The lowest BCUT2D eigenvalue weighted by molar-refractivity contribution is 0.241. The van der Waals surface area contributed by atoms with Crippen LogP contribution < -0.4 is 15.4 Å². The van der Waals surface area contributed by atoms with Gasteiger partial charge in [-0.3, -0.25) is 4.90 Å². The molecule has 1 saturated heterocycles. The third kappa shape index (κ3) is 4.28. The third-order valence-electron chi connectivity index (χ3n) is 4.63. The van der Waals surface area contributed by atoms with Crippen LogP contribution in [0.25, 0.3) is 0 Å². The molecule has 24 heavy (non-hydrogen) atoms. The highest BCUT2D eigenvalue weighted by Crippen LogP contribution is 2.28. The lowest BCUT2D eigenvalue weighted by Crippen LogP contribution is -2.50. The molecule has 128 valence electrons. The fourth-order valence-corrected chi connectivity index (χ4v) is 3.38. The largest absolute Gasteiger partial charge is 0.495 e. The van der Waals surface area contributed by atoms with E-state index in [1.807, 2.05) is 18.2 Å². The number of anilines is 1. The molecule has 3 rings (SSSR count). The van der Waals surface area contributed by atoms with E-state index in [-0.39, 0.29) is 6.04 Å². The lowest BCUT2D eigenvalue weighted by atomic mass is 10.1. The molecule has 0 amide bonds. The maximum atomic E-state index is 6.35. The zero-order valence-electron chi connectivity index (χ0n) is 14.4. The summed E-state index contributed by atoms with van der Waals surface area (Å²) >= 11 is 0. The van der Waals surface area contributed by atoms with Crippen LogP contribution in [0.15, 0.2) is 54.6 Å². The quantitative estimate of drug-likeness (QED) is 0.885.